The summed E-state index contributed by atoms with van der Waals surface area (Å²) in [4.78, 5) is 1.06. The molecular formula is C14H23NOS. The standard InChI is InChI=1S/C14H23NOS/c1-10-5-6-12(8-11(10)2)15-9-13(16)14-4-3-7-17-14/h3-4,7,10-13,15-16H,5-6,8-9H2,1-2H3. The molecule has 1 fully saturated rings. The summed E-state index contributed by atoms with van der Waals surface area (Å²) in [5.74, 6) is 1.66. The van der Waals surface area contributed by atoms with Crippen LogP contribution in [0.5, 0.6) is 0 Å². The van der Waals surface area contributed by atoms with Crippen LogP contribution in [0.15, 0.2) is 17.5 Å². The van der Waals surface area contributed by atoms with Crippen molar-refractivity contribution in [2.75, 3.05) is 6.54 Å². The summed E-state index contributed by atoms with van der Waals surface area (Å²) in [6, 6.07) is 4.59. The quantitative estimate of drug-likeness (QED) is 0.863. The summed E-state index contributed by atoms with van der Waals surface area (Å²) < 4.78 is 0. The maximum Gasteiger partial charge on any atom is 0.101 e. The Morgan fingerprint density at radius 1 is 1.41 bits per heavy atom. The second-order valence-electron chi connectivity index (χ2n) is 5.40. The van der Waals surface area contributed by atoms with Gasteiger partial charge in [-0.25, -0.2) is 0 Å². The van der Waals surface area contributed by atoms with E-state index in [1.54, 1.807) is 11.3 Å². The van der Waals surface area contributed by atoms with Crippen LogP contribution in [0.4, 0.5) is 0 Å². The van der Waals surface area contributed by atoms with Crippen molar-refractivity contribution < 1.29 is 5.11 Å². The van der Waals surface area contributed by atoms with E-state index in [0.717, 1.165) is 16.7 Å². The van der Waals surface area contributed by atoms with Gasteiger partial charge >= 0.3 is 0 Å². The molecule has 4 atom stereocenters. The van der Waals surface area contributed by atoms with Crippen LogP contribution in [0.1, 0.15) is 44.1 Å². The summed E-state index contributed by atoms with van der Waals surface area (Å²) >= 11 is 1.63. The lowest BCUT2D eigenvalue weighted by molar-refractivity contribution is 0.157. The molecule has 2 rings (SSSR count). The van der Waals surface area contributed by atoms with Gasteiger partial charge in [0, 0.05) is 17.5 Å². The molecule has 3 heteroatoms. The van der Waals surface area contributed by atoms with Crippen molar-refractivity contribution in [1.82, 2.24) is 5.32 Å². The van der Waals surface area contributed by atoms with Crippen LogP contribution in [-0.4, -0.2) is 17.7 Å². The Labute approximate surface area is 108 Å². The number of thiophene rings is 1. The van der Waals surface area contributed by atoms with Crippen LogP contribution in [0.2, 0.25) is 0 Å². The van der Waals surface area contributed by atoms with E-state index in [2.05, 4.69) is 19.2 Å². The molecule has 0 saturated heterocycles. The lowest BCUT2D eigenvalue weighted by atomic mass is 9.79. The van der Waals surface area contributed by atoms with Gasteiger partial charge in [-0.05, 0) is 42.5 Å². The number of rotatable bonds is 4. The Kier molecular flexibility index (Phi) is 4.60. The molecule has 0 amide bonds. The first-order valence-corrected chi connectivity index (χ1v) is 7.49. The third-order valence-corrected chi connectivity index (χ3v) is 5.04. The highest BCUT2D eigenvalue weighted by Crippen LogP contribution is 2.29. The Morgan fingerprint density at radius 3 is 2.88 bits per heavy atom. The van der Waals surface area contributed by atoms with Crippen molar-refractivity contribution in [3.8, 4) is 0 Å². The molecule has 17 heavy (non-hydrogen) atoms. The van der Waals surface area contributed by atoms with Gasteiger partial charge in [0.2, 0.25) is 0 Å². The fraction of sp³-hybridized carbons (Fsp3) is 0.714. The number of nitrogens with one attached hydrogen (secondary N) is 1. The van der Waals surface area contributed by atoms with Crippen LogP contribution < -0.4 is 5.32 Å². The summed E-state index contributed by atoms with van der Waals surface area (Å²) in [5.41, 5.74) is 0. The van der Waals surface area contributed by atoms with Crippen molar-refractivity contribution in [2.24, 2.45) is 11.8 Å². The summed E-state index contributed by atoms with van der Waals surface area (Å²) in [7, 11) is 0. The van der Waals surface area contributed by atoms with E-state index in [1.165, 1.54) is 19.3 Å². The van der Waals surface area contributed by atoms with Gasteiger partial charge in [-0.3, -0.25) is 0 Å². The van der Waals surface area contributed by atoms with Crippen LogP contribution in [0.25, 0.3) is 0 Å². The fourth-order valence-corrected chi connectivity index (χ4v) is 3.30. The Balaban J connectivity index is 1.75. The maximum atomic E-state index is 10.0. The molecule has 2 nitrogen and oxygen atoms in total. The van der Waals surface area contributed by atoms with Crippen LogP contribution in [0.3, 0.4) is 0 Å². The molecule has 2 N–H and O–H groups in total. The lowest BCUT2D eigenvalue weighted by Crippen LogP contribution is -2.38. The molecule has 96 valence electrons. The van der Waals surface area contributed by atoms with Crippen molar-refractivity contribution in [1.29, 1.82) is 0 Å². The molecule has 4 unspecified atom stereocenters. The van der Waals surface area contributed by atoms with Crippen molar-refractivity contribution in [3.63, 3.8) is 0 Å². The topological polar surface area (TPSA) is 32.3 Å². The minimum atomic E-state index is -0.343. The third-order valence-electron chi connectivity index (χ3n) is 4.07. The predicted octanol–water partition coefficient (Wildman–Crippen LogP) is 3.20. The van der Waals surface area contributed by atoms with Gasteiger partial charge in [-0.15, -0.1) is 11.3 Å². The van der Waals surface area contributed by atoms with E-state index in [1.807, 2.05) is 17.5 Å². The Hall–Kier alpha value is -0.380. The molecule has 1 aliphatic carbocycles. The highest BCUT2D eigenvalue weighted by Gasteiger charge is 2.24. The van der Waals surface area contributed by atoms with Crippen LogP contribution >= 0.6 is 11.3 Å². The first-order chi connectivity index (χ1) is 8.16. The van der Waals surface area contributed by atoms with E-state index in [9.17, 15) is 5.11 Å². The van der Waals surface area contributed by atoms with E-state index in [4.69, 9.17) is 0 Å². The zero-order chi connectivity index (χ0) is 12.3. The lowest BCUT2D eigenvalue weighted by Gasteiger charge is -2.33. The Bertz CT molecular complexity index is 325. The fourth-order valence-electron chi connectivity index (χ4n) is 2.59. The molecule has 0 aromatic carbocycles. The summed E-state index contributed by atoms with van der Waals surface area (Å²) in [6.07, 6.45) is 3.47. The second-order valence-corrected chi connectivity index (χ2v) is 6.38. The van der Waals surface area contributed by atoms with Gasteiger partial charge in [0.05, 0.1) is 0 Å². The largest absolute Gasteiger partial charge is 0.386 e. The molecular weight excluding hydrogens is 230 g/mol. The van der Waals surface area contributed by atoms with E-state index in [0.29, 0.717) is 12.6 Å². The minimum Gasteiger partial charge on any atom is -0.386 e. The first-order valence-electron chi connectivity index (χ1n) is 6.61. The monoisotopic (exact) mass is 253 g/mol. The minimum absolute atomic E-state index is 0.343. The molecule has 0 aliphatic heterocycles. The van der Waals surface area contributed by atoms with E-state index in [-0.39, 0.29) is 6.10 Å². The van der Waals surface area contributed by atoms with Gasteiger partial charge in [-0.2, -0.15) is 0 Å². The van der Waals surface area contributed by atoms with Gasteiger partial charge in [0.15, 0.2) is 0 Å². The van der Waals surface area contributed by atoms with E-state index < -0.39 is 0 Å². The highest BCUT2D eigenvalue weighted by atomic mass is 32.1. The predicted molar refractivity (Wildman–Crippen MR) is 73.2 cm³/mol. The average molecular weight is 253 g/mol. The number of hydrogen-bond donors (Lipinski definition) is 2. The van der Waals surface area contributed by atoms with Gasteiger partial charge in [-0.1, -0.05) is 19.9 Å². The summed E-state index contributed by atoms with van der Waals surface area (Å²) in [6.45, 7) is 5.38. The van der Waals surface area contributed by atoms with Crippen molar-refractivity contribution in [2.45, 2.75) is 45.3 Å². The van der Waals surface area contributed by atoms with E-state index >= 15 is 0 Å². The van der Waals surface area contributed by atoms with Crippen molar-refractivity contribution in [3.05, 3.63) is 22.4 Å². The highest BCUT2D eigenvalue weighted by molar-refractivity contribution is 7.10. The molecule has 1 heterocycles. The smallest absolute Gasteiger partial charge is 0.101 e. The molecule has 1 saturated carbocycles. The maximum absolute atomic E-state index is 10.0. The number of aliphatic hydroxyl groups is 1. The van der Waals surface area contributed by atoms with Gasteiger partial charge in [0.1, 0.15) is 6.10 Å². The zero-order valence-electron chi connectivity index (χ0n) is 10.7. The molecule has 1 aromatic rings. The second kappa shape index (κ2) is 5.98. The van der Waals surface area contributed by atoms with Gasteiger partial charge in [0.25, 0.3) is 0 Å². The molecule has 0 bridgehead atoms. The first kappa shape index (κ1) is 13.1. The molecule has 1 aromatic heterocycles. The zero-order valence-corrected chi connectivity index (χ0v) is 11.5. The third kappa shape index (κ3) is 3.54. The number of aliphatic hydroxyl groups excluding tert-OH is 1. The van der Waals surface area contributed by atoms with Crippen LogP contribution in [-0.2, 0) is 0 Å². The van der Waals surface area contributed by atoms with Crippen LogP contribution in [0, 0.1) is 11.8 Å². The number of hydrogen-bond acceptors (Lipinski definition) is 3. The summed E-state index contributed by atoms with van der Waals surface area (Å²) in [5, 5.41) is 15.5. The molecule has 0 spiro atoms. The molecule has 0 radical (unpaired) electrons. The normalized spacial score (nSPS) is 31.4. The average Bonchev–Trinajstić information content (AvgIpc) is 2.84. The van der Waals surface area contributed by atoms with Crippen molar-refractivity contribution >= 4 is 11.3 Å². The molecule has 1 aliphatic rings. The SMILES string of the molecule is CC1CCC(NCC(O)c2cccs2)CC1C. The van der Waals surface area contributed by atoms with Gasteiger partial charge < -0.3 is 10.4 Å². The Morgan fingerprint density at radius 2 is 2.24 bits per heavy atom.